The van der Waals surface area contributed by atoms with Crippen LogP contribution in [0.1, 0.15) is 54.2 Å². The number of hydrogen-bond donors (Lipinski definition) is 1. The Bertz CT molecular complexity index is 954. The van der Waals surface area contributed by atoms with Crippen molar-refractivity contribution in [2.45, 2.75) is 49.5 Å². The van der Waals surface area contributed by atoms with E-state index in [-0.39, 0.29) is 24.3 Å². The Balaban J connectivity index is 1.64. The van der Waals surface area contributed by atoms with Crippen LogP contribution in [0.15, 0.2) is 36.4 Å². The molecule has 3 nitrogen and oxygen atoms in total. The molecule has 1 amide bonds. The van der Waals surface area contributed by atoms with Crippen LogP contribution in [0.4, 0.5) is 8.78 Å². The smallest absolute Gasteiger partial charge is 0.257 e. The Morgan fingerprint density at radius 2 is 1.97 bits per heavy atom. The van der Waals surface area contributed by atoms with Gasteiger partial charge in [-0.3, -0.25) is 4.79 Å². The zero-order valence-corrected chi connectivity index (χ0v) is 18.6. The van der Waals surface area contributed by atoms with Gasteiger partial charge in [-0.05, 0) is 53.3 Å². The highest BCUT2D eigenvalue weighted by atomic mass is 35.5. The van der Waals surface area contributed by atoms with Crippen molar-refractivity contribution in [2.75, 3.05) is 5.94 Å². The van der Waals surface area contributed by atoms with Gasteiger partial charge in [0.05, 0.1) is 18.1 Å². The van der Waals surface area contributed by atoms with Gasteiger partial charge in [0.2, 0.25) is 5.91 Å². The minimum Gasteiger partial charge on any atom is -0.363 e. The molecule has 1 heterocycles. The summed E-state index contributed by atoms with van der Waals surface area (Å²) >= 11 is 13.3. The minimum absolute atomic E-state index is 0.00290. The summed E-state index contributed by atoms with van der Waals surface area (Å²) in [7, 11) is 0. The number of benzene rings is 2. The van der Waals surface area contributed by atoms with Gasteiger partial charge in [-0.25, -0.2) is 8.78 Å². The molecule has 30 heavy (non-hydrogen) atoms. The van der Waals surface area contributed by atoms with Gasteiger partial charge < -0.3 is 10.1 Å². The first-order valence-corrected chi connectivity index (χ1v) is 11.4. The van der Waals surface area contributed by atoms with Gasteiger partial charge in [-0.1, -0.05) is 41.4 Å². The SMILES string of the molecule is CC(=O)NC1CCc2cc(C3CC(c4cc(Cl)cc(Cl)c4)(C(F)F)SCO3)ccc21. The average Bonchev–Trinajstić information content (AvgIpc) is 3.08. The van der Waals surface area contributed by atoms with Crippen LogP contribution in [0.25, 0.3) is 0 Å². The molecule has 4 rings (SSSR count). The van der Waals surface area contributed by atoms with Crippen molar-refractivity contribution in [2.24, 2.45) is 0 Å². The van der Waals surface area contributed by atoms with E-state index in [1.807, 2.05) is 18.2 Å². The molecule has 0 radical (unpaired) electrons. The van der Waals surface area contributed by atoms with Crippen LogP contribution in [0, 0.1) is 0 Å². The highest BCUT2D eigenvalue weighted by molar-refractivity contribution is 8.00. The molecule has 0 aromatic heterocycles. The number of thioether (sulfide) groups is 1. The van der Waals surface area contributed by atoms with E-state index in [1.165, 1.54) is 6.92 Å². The lowest BCUT2D eigenvalue weighted by Crippen LogP contribution is -2.37. The van der Waals surface area contributed by atoms with E-state index in [2.05, 4.69) is 5.32 Å². The molecule has 0 spiro atoms. The van der Waals surface area contributed by atoms with Crippen molar-refractivity contribution in [1.82, 2.24) is 5.32 Å². The molecule has 3 atom stereocenters. The maximum atomic E-state index is 14.4. The molecule has 1 aliphatic heterocycles. The number of carbonyl (C=O) groups is 1. The number of alkyl halides is 2. The first-order valence-electron chi connectivity index (χ1n) is 9.68. The minimum atomic E-state index is -2.61. The van der Waals surface area contributed by atoms with Gasteiger partial charge in [0.15, 0.2) is 0 Å². The normalized spacial score (nSPS) is 25.9. The van der Waals surface area contributed by atoms with Crippen LogP contribution in [0.3, 0.4) is 0 Å². The summed E-state index contributed by atoms with van der Waals surface area (Å²) in [4.78, 5) is 11.4. The van der Waals surface area contributed by atoms with Crippen LogP contribution < -0.4 is 5.32 Å². The van der Waals surface area contributed by atoms with E-state index >= 15 is 0 Å². The van der Waals surface area contributed by atoms with E-state index in [1.54, 1.807) is 18.2 Å². The largest absolute Gasteiger partial charge is 0.363 e. The second-order valence-electron chi connectivity index (χ2n) is 7.72. The van der Waals surface area contributed by atoms with Gasteiger partial charge in [0.25, 0.3) is 6.43 Å². The van der Waals surface area contributed by atoms with E-state index in [9.17, 15) is 13.6 Å². The molecule has 1 saturated heterocycles. The molecule has 8 heteroatoms. The van der Waals surface area contributed by atoms with Crippen LogP contribution >= 0.6 is 35.0 Å². The van der Waals surface area contributed by atoms with Crippen molar-refractivity contribution in [3.8, 4) is 0 Å². The predicted molar refractivity (Wildman–Crippen MR) is 116 cm³/mol. The van der Waals surface area contributed by atoms with Crippen molar-refractivity contribution in [3.05, 3.63) is 68.7 Å². The Labute approximate surface area is 188 Å². The van der Waals surface area contributed by atoms with Gasteiger partial charge in [-0.15, -0.1) is 11.8 Å². The Kier molecular flexibility index (Phi) is 6.31. The summed E-state index contributed by atoms with van der Waals surface area (Å²) in [6.07, 6.45) is -1.30. The summed E-state index contributed by atoms with van der Waals surface area (Å²) < 4.78 is 33.3. The van der Waals surface area contributed by atoms with E-state index < -0.39 is 17.3 Å². The third-order valence-corrected chi connectivity index (χ3v) is 7.56. The van der Waals surface area contributed by atoms with Gasteiger partial charge >= 0.3 is 0 Å². The van der Waals surface area contributed by atoms with Crippen molar-refractivity contribution >= 4 is 40.9 Å². The number of carbonyl (C=O) groups excluding carboxylic acids is 1. The Morgan fingerprint density at radius 1 is 1.23 bits per heavy atom. The number of rotatable bonds is 4. The summed E-state index contributed by atoms with van der Waals surface area (Å²) in [5.74, 6) is 0.0801. The summed E-state index contributed by atoms with van der Waals surface area (Å²) in [6.45, 7) is 1.51. The monoisotopic (exact) mass is 471 g/mol. The molecule has 3 unspecified atom stereocenters. The predicted octanol–water partition coefficient (Wildman–Crippen LogP) is 6.43. The van der Waals surface area contributed by atoms with Gasteiger partial charge in [0.1, 0.15) is 4.75 Å². The van der Waals surface area contributed by atoms with Crippen molar-refractivity contribution in [3.63, 3.8) is 0 Å². The topological polar surface area (TPSA) is 38.3 Å². The van der Waals surface area contributed by atoms with E-state index in [0.717, 1.165) is 41.3 Å². The molecular weight excluding hydrogens is 451 g/mol. The van der Waals surface area contributed by atoms with Crippen LogP contribution in [-0.4, -0.2) is 18.3 Å². The number of nitrogens with one attached hydrogen (secondary N) is 1. The quantitative estimate of drug-likeness (QED) is 0.558. The van der Waals surface area contributed by atoms with Gasteiger partial charge in [-0.2, -0.15) is 0 Å². The first-order chi connectivity index (χ1) is 14.3. The molecule has 2 aromatic carbocycles. The molecule has 0 saturated carbocycles. The molecule has 2 aromatic rings. The molecular formula is C22H21Cl2F2NO2S. The lowest BCUT2D eigenvalue weighted by Gasteiger charge is -2.40. The number of fused-ring (bicyclic) bond motifs is 1. The standard InChI is InChI=1S/C22H21Cl2F2NO2S/c1-12(28)27-19-5-3-13-6-14(2-4-18(13)19)20-10-22(21(25)26,30-11-29-20)15-7-16(23)9-17(24)8-15/h2,4,6-9,19-21H,3,5,10-11H2,1H3,(H,27,28). The fourth-order valence-corrected chi connectivity index (χ4v) is 5.99. The van der Waals surface area contributed by atoms with Crippen molar-refractivity contribution < 1.29 is 18.3 Å². The lowest BCUT2D eigenvalue weighted by molar-refractivity contribution is -0.119. The highest BCUT2D eigenvalue weighted by Gasteiger charge is 2.48. The molecule has 0 bridgehead atoms. The third-order valence-electron chi connectivity index (χ3n) is 5.77. The highest BCUT2D eigenvalue weighted by Crippen LogP contribution is 2.53. The third kappa shape index (κ3) is 4.20. The van der Waals surface area contributed by atoms with E-state index in [0.29, 0.717) is 15.6 Å². The zero-order chi connectivity index (χ0) is 21.5. The summed E-state index contributed by atoms with van der Waals surface area (Å²) in [5.41, 5.74) is 3.50. The maximum Gasteiger partial charge on any atom is 0.257 e. The van der Waals surface area contributed by atoms with Crippen LogP contribution in [-0.2, 0) is 20.7 Å². The summed E-state index contributed by atoms with van der Waals surface area (Å²) in [6, 6.07) is 10.6. The number of halogens is 4. The number of hydrogen-bond acceptors (Lipinski definition) is 3. The van der Waals surface area contributed by atoms with Crippen LogP contribution in [0.2, 0.25) is 10.0 Å². The lowest BCUT2D eigenvalue weighted by atomic mass is 9.88. The second-order valence-corrected chi connectivity index (χ2v) is 9.85. The molecule has 2 aliphatic rings. The molecule has 1 aliphatic carbocycles. The molecule has 1 fully saturated rings. The van der Waals surface area contributed by atoms with Gasteiger partial charge in [0, 0.05) is 23.4 Å². The fraction of sp³-hybridized carbons (Fsp3) is 0.409. The maximum absolute atomic E-state index is 14.4. The van der Waals surface area contributed by atoms with E-state index in [4.69, 9.17) is 27.9 Å². The molecule has 160 valence electrons. The Morgan fingerprint density at radius 3 is 2.63 bits per heavy atom. The number of aryl methyl sites for hydroxylation is 1. The van der Waals surface area contributed by atoms with Crippen LogP contribution in [0.5, 0.6) is 0 Å². The zero-order valence-electron chi connectivity index (χ0n) is 16.3. The summed E-state index contributed by atoms with van der Waals surface area (Å²) in [5, 5.41) is 3.63. The number of ether oxygens (including phenoxy) is 1. The Hall–Kier alpha value is -1.34. The fourth-order valence-electron chi connectivity index (χ4n) is 4.34. The van der Waals surface area contributed by atoms with Crippen molar-refractivity contribution in [1.29, 1.82) is 0 Å². The first kappa shape index (κ1) is 21.9. The molecule has 1 N–H and O–H groups in total. The second kappa shape index (κ2) is 8.65. The average molecular weight is 472 g/mol. The number of amides is 1.